The van der Waals surface area contributed by atoms with E-state index in [0.717, 1.165) is 55.7 Å². The number of amides is 1. The predicted octanol–water partition coefficient (Wildman–Crippen LogP) is 2.10. The molecular weight excluding hydrogens is 316 g/mol. The van der Waals surface area contributed by atoms with Crippen molar-refractivity contribution in [2.75, 3.05) is 44.3 Å². The number of fused-ring (bicyclic) bond motifs is 1. The third kappa shape index (κ3) is 3.58. The zero-order valence-electron chi connectivity index (χ0n) is 14.4. The second-order valence-corrected chi connectivity index (χ2v) is 6.84. The maximum absolute atomic E-state index is 12.4. The molecule has 2 saturated heterocycles. The second-order valence-electron chi connectivity index (χ2n) is 6.84. The van der Waals surface area contributed by atoms with Gasteiger partial charge in [-0.2, -0.15) is 0 Å². The molecule has 1 aromatic carbocycles. The van der Waals surface area contributed by atoms with Crippen LogP contribution in [0.5, 0.6) is 0 Å². The zero-order valence-corrected chi connectivity index (χ0v) is 14.4. The first-order valence-corrected chi connectivity index (χ1v) is 9.11. The number of hydrogen-bond acceptors (Lipinski definition) is 5. The number of anilines is 1. The number of nitrogens with zero attached hydrogens (tertiary/aromatic N) is 4. The summed E-state index contributed by atoms with van der Waals surface area (Å²) in [5.74, 6) is 1.78. The summed E-state index contributed by atoms with van der Waals surface area (Å²) in [6.45, 7) is 4.72. The van der Waals surface area contributed by atoms with Crippen LogP contribution in [0.3, 0.4) is 0 Å². The molecule has 0 unspecified atom stereocenters. The molecule has 1 amide bonds. The highest BCUT2D eigenvalue weighted by atomic mass is 16.5. The van der Waals surface area contributed by atoms with Crippen LogP contribution in [0.15, 0.2) is 30.6 Å². The van der Waals surface area contributed by atoms with Gasteiger partial charge in [0.05, 0.1) is 18.7 Å². The van der Waals surface area contributed by atoms with Crippen LogP contribution in [-0.2, 0) is 9.53 Å². The van der Waals surface area contributed by atoms with E-state index in [-0.39, 0.29) is 5.91 Å². The molecule has 6 nitrogen and oxygen atoms in total. The van der Waals surface area contributed by atoms with E-state index < -0.39 is 0 Å². The Balaban J connectivity index is 1.37. The predicted molar refractivity (Wildman–Crippen MR) is 96.5 cm³/mol. The Morgan fingerprint density at radius 2 is 1.84 bits per heavy atom. The molecule has 0 aliphatic carbocycles. The van der Waals surface area contributed by atoms with Crippen LogP contribution in [-0.4, -0.2) is 60.2 Å². The third-order valence-electron chi connectivity index (χ3n) is 5.26. The van der Waals surface area contributed by atoms with Gasteiger partial charge in [-0.1, -0.05) is 12.1 Å². The second kappa shape index (κ2) is 7.35. The minimum Gasteiger partial charge on any atom is -0.378 e. The molecule has 6 heteroatoms. The standard InChI is InChI=1S/C19H24N4O2/c24-18(22-9-11-25-12-10-22)13-15-5-7-23(8-6-15)19-16-3-1-2-4-17(16)20-14-21-19/h1-4,14-15H,5-13H2. The van der Waals surface area contributed by atoms with E-state index in [4.69, 9.17) is 4.74 Å². The lowest BCUT2D eigenvalue weighted by atomic mass is 9.92. The number of benzene rings is 1. The van der Waals surface area contributed by atoms with Crippen LogP contribution in [0.2, 0.25) is 0 Å². The van der Waals surface area contributed by atoms with Crippen molar-refractivity contribution in [1.82, 2.24) is 14.9 Å². The van der Waals surface area contributed by atoms with Crippen molar-refractivity contribution in [2.45, 2.75) is 19.3 Å². The summed E-state index contributed by atoms with van der Waals surface area (Å²) < 4.78 is 5.33. The maximum atomic E-state index is 12.4. The van der Waals surface area contributed by atoms with Gasteiger partial charge in [-0.05, 0) is 30.9 Å². The first-order chi connectivity index (χ1) is 12.3. The Morgan fingerprint density at radius 3 is 2.64 bits per heavy atom. The summed E-state index contributed by atoms with van der Waals surface area (Å²) in [6.07, 6.45) is 4.38. The molecule has 25 heavy (non-hydrogen) atoms. The van der Waals surface area contributed by atoms with E-state index in [0.29, 0.717) is 25.6 Å². The van der Waals surface area contributed by atoms with Crippen molar-refractivity contribution in [3.05, 3.63) is 30.6 Å². The molecule has 0 atom stereocenters. The minimum absolute atomic E-state index is 0.286. The van der Waals surface area contributed by atoms with Crippen molar-refractivity contribution >= 4 is 22.6 Å². The first kappa shape index (κ1) is 16.3. The lowest BCUT2D eigenvalue weighted by Crippen LogP contribution is -2.42. The highest BCUT2D eigenvalue weighted by Gasteiger charge is 2.26. The minimum atomic E-state index is 0.286. The monoisotopic (exact) mass is 340 g/mol. The molecule has 132 valence electrons. The summed E-state index contributed by atoms with van der Waals surface area (Å²) in [6, 6.07) is 8.14. The van der Waals surface area contributed by atoms with Gasteiger partial charge in [-0.15, -0.1) is 0 Å². The largest absolute Gasteiger partial charge is 0.378 e. The van der Waals surface area contributed by atoms with Crippen LogP contribution in [0.4, 0.5) is 5.82 Å². The molecule has 0 saturated carbocycles. The van der Waals surface area contributed by atoms with Gasteiger partial charge < -0.3 is 14.5 Å². The Kier molecular flexibility index (Phi) is 4.78. The summed E-state index contributed by atoms with van der Waals surface area (Å²) in [5, 5.41) is 1.10. The van der Waals surface area contributed by atoms with Crippen LogP contribution in [0.25, 0.3) is 10.9 Å². The molecule has 4 rings (SSSR count). The summed E-state index contributed by atoms with van der Waals surface area (Å²) in [4.78, 5) is 25.6. The van der Waals surface area contributed by atoms with Crippen molar-refractivity contribution < 1.29 is 9.53 Å². The number of ether oxygens (including phenoxy) is 1. The van der Waals surface area contributed by atoms with Crippen molar-refractivity contribution in [2.24, 2.45) is 5.92 Å². The van der Waals surface area contributed by atoms with E-state index in [1.54, 1.807) is 6.33 Å². The Labute approximate surface area is 147 Å². The molecule has 3 heterocycles. The number of piperidine rings is 1. The molecular formula is C19H24N4O2. The van der Waals surface area contributed by atoms with E-state index in [1.165, 1.54) is 0 Å². The van der Waals surface area contributed by atoms with Crippen LogP contribution < -0.4 is 4.90 Å². The quantitative estimate of drug-likeness (QED) is 0.856. The highest BCUT2D eigenvalue weighted by molar-refractivity contribution is 5.89. The van der Waals surface area contributed by atoms with Gasteiger partial charge >= 0.3 is 0 Å². The normalized spacial score (nSPS) is 19.4. The Hall–Kier alpha value is -2.21. The fourth-order valence-corrected chi connectivity index (χ4v) is 3.78. The third-order valence-corrected chi connectivity index (χ3v) is 5.26. The average Bonchev–Trinajstić information content (AvgIpc) is 2.69. The molecule has 2 aliphatic rings. The highest BCUT2D eigenvalue weighted by Crippen LogP contribution is 2.28. The van der Waals surface area contributed by atoms with Gasteiger partial charge in [0.2, 0.25) is 5.91 Å². The number of aromatic nitrogens is 2. The fraction of sp³-hybridized carbons (Fsp3) is 0.526. The van der Waals surface area contributed by atoms with E-state index in [2.05, 4.69) is 20.9 Å². The van der Waals surface area contributed by atoms with Gasteiger partial charge in [0.15, 0.2) is 0 Å². The molecule has 0 N–H and O–H groups in total. The molecule has 0 spiro atoms. The molecule has 2 aliphatic heterocycles. The van der Waals surface area contributed by atoms with Crippen molar-refractivity contribution in [1.29, 1.82) is 0 Å². The topological polar surface area (TPSA) is 58.6 Å². The molecule has 0 radical (unpaired) electrons. The lowest BCUT2D eigenvalue weighted by molar-refractivity contribution is -0.136. The smallest absolute Gasteiger partial charge is 0.223 e. The van der Waals surface area contributed by atoms with Crippen molar-refractivity contribution in [3.63, 3.8) is 0 Å². The maximum Gasteiger partial charge on any atom is 0.223 e. The number of hydrogen-bond donors (Lipinski definition) is 0. The summed E-state index contributed by atoms with van der Waals surface area (Å²) in [7, 11) is 0. The van der Waals surface area contributed by atoms with Gasteiger partial charge in [-0.3, -0.25) is 4.79 Å². The molecule has 1 aromatic heterocycles. The SMILES string of the molecule is O=C(CC1CCN(c2ncnc3ccccc23)CC1)N1CCOCC1. The number of carbonyl (C=O) groups excluding carboxylic acids is 1. The number of morpholine rings is 1. The van der Waals surface area contributed by atoms with E-state index in [9.17, 15) is 4.79 Å². The summed E-state index contributed by atoms with van der Waals surface area (Å²) in [5.41, 5.74) is 0.983. The lowest BCUT2D eigenvalue weighted by Gasteiger charge is -2.34. The van der Waals surface area contributed by atoms with Crippen LogP contribution >= 0.6 is 0 Å². The zero-order chi connectivity index (χ0) is 17.1. The number of carbonyl (C=O) groups is 1. The average molecular weight is 340 g/mol. The van der Waals surface area contributed by atoms with E-state index >= 15 is 0 Å². The Morgan fingerprint density at radius 1 is 1.08 bits per heavy atom. The van der Waals surface area contributed by atoms with Crippen LogP contribution in [0.1, 0.15) is 19.3 Å². The van der Waals surface area contributed by atoms with E-state index in [1.807, 2.05) is 23.1 Å². The molecule has 2 fully saturated rings. The first-order valence-electron chi connectivity index (χ1n) is 9.11. The fourth-order valence-electron chi connectivity index (χ4n) is 3.78. The molecule has 2 aromatic rings. The number of para-hydroxylation sites is 1. The van der Waals surface area contributed by atoms with Gasteiger partial charge in [0, 0.05) is 38.0 Å². The number of rotatable bonds is 3. The van der Waals surface area contributed by atoms with Gasteiger partial charge in [-0.25, -0.2) is 9.97 Å². The van der Waals surface area contributed by atoms with Gasteiger partial charge in [0.25, 0.3) is 0 Å². The van der Waals surface area contributed by atoms with Gasteiger partial charge in [0.1, 0.15) is 12.1 Å². The summed E-state index contributed by atoms with van der Waals surface area (Å²) >= 11 is 0. The Bertz CT molecular complexity index is 732. The van der Waals surface area contributed by atoms with Crippen molar-refractivity contribution in [3.8, 4) is 0 Å². The molecule has 0 bridgehead atoms. The van der Waals surface area contributed by atoms with Crippen LogP contribution in [0, 0.1) is 5.92 Å².